The Bertz CT molecular complexity index is 532. The Morgan fingerprint density at radius 3 is 2.81 bits per heavy atom. The normalized spacial score (nSPS) is 15.3. The van der Waals surface area contributed by atoms with Gasteiger partial charge in [0.25, 0.3) is 0 Å². The molecule has 1 aliphatic carbocycles. The minimum absolute atomic E-state index is 0.524. The van der Waals surface area contributed by atoms with Gasteiger partial charge in [0, 0.05) is 12.1 Å². The minimum Gasteiger partial charge on any atom is -0.396 e. The van der Waals surface area contributed by atoms with Gasteiger partial charge in [0.2, 0.25) is 0 Å². The van der Waals surface area contributed by atoms with Crippen LogP contribution in [0.4, 0.5) is 5.69 Å². The van der Waals surface area contributed by atoms with Gasteiger partial charge in [0.15, 0.2) is 0 Å². The predicted molar refractivity (Wildman–Crippen MR) is 63.7 cm³/mol. The largest absolute Gasteiger partial charge is 0.396 e. The maximum Gasteiger partial charge on any atom is 0.132 e. The number of nitrogens with two attached hydrogens (primary N) is 1. The topological polar surface area (TPSA) is 80.5 Å². The molecular formula is C10H10BrN5. The number of aromatic nitrogens is 4. The number of nitrogen functional groups attached to an aromatic ring is 1. The molecule has 2 aromatic heterocycles. The van der Waals surface area contributed by atoms with Crippen LogP contribution in [-0.2, 0) is 0 Å². The fourth-order valence-corrected chi connectivity index (χ4v) is 1.97. The van der Waals surface area contributed by atoms with E-state index in [0.29, 0.717) is 11.6 Å². The molecule has 6 heteroatoms. The monoisotopic (exact) mass is 279 g/mol. The van der Waals surface area contributed by atoms with Crippen molar-refractivity contribution >= 4 is 21.6 Å². The summed E-state index contributed by atoms with van der Waals surface area (Å²) in [6, 6.07) is 0. The van der Waals surface area contributed by atoms with Crippen LogP contribution in [0.15, 0.2) is 16.9 Å². The number of nitrogens with one attached hydrogen (secondary N) is 1. The molecule has 0 aromatic carbocycles. The lowest BCUT2D eigenvalue weighted by Crippen LogP contribution is -1.97. The number of nitrogens with zero attached hydrogens (tertiary/aromatic N) is 3. The fraction of sp³-hybridized carbons (Fsp3) is 0.300. The molecule has 0 bridgehead atoms. The van der Waals surface area contributed by atoms with Crippen molar-refractivity contribution in [1.29, 1.82) is 0 Å². The summed E-state index contributed by atoms with van der Waals surface area (Å²) in [6.45, 7) is 0. The van der Waals surface area contributed by atoms with E-state index < -0.39 is 0 Å². The van der Waals surface area contributed by atoms with Gasteiger partial charge in [0.1, 0.15) is 17.2 Å². The average Bonchev–Trinajstić information content (AvgIpc) is 3.03. The van der Waals surface area contributed by atoms with Crippen LogP contribution in [0, 0.1) is 0 Å². The van der Waals surface area contributed by atoms with E-state index in [-0.39, 0.29) is 0 Å². The average molecular weight is 280 g/mol. The molecule has 2 aromatic rings. The number of H-pyrrole nitrogens is 1. The van der Waals surface area contributed by atoms with Gasteiger partial charge in [-0.05, 0) is 28.8 Å². The highest BCUT2D eigenvalue weighted by molar-refractivity contribution is 9.10. The highest BCUT2D eigenvalue weighted by Crippen LogP contribution is 2.39. The van der Waals surface area contributed by atoms with Crippen LogP contribution in [0.1, 0.15) is 24.6 Å². The molecule has 3 rings (SSSR count). The van der Waals surface area contributed by atoms with Gasteiger partial charge >= 0.3 is 0 Å². The smallest absolute Gasteiger partial charge is 0.132 e. The summed E-state index contributed by atoms with van der Waals surface area (Å²) in [5.74, 6) is 1.42. The Morgan fingerprint density at radius 2 is 2.19 bits per heavy atom. The number of anilines is 1. The second-order valence-electron chi connectivity index (χ2n) is 3.90. The van der Waals surface area contributed by atoms with Crippen molar-refractivity contribution in [3.05, 3.63) is 22.7 Å². The lowest BCUT2D eigenvalue weighted by Gasteiger charge is -2.04. The minimum atomic E-state index is 0.524. The Labute approximate surface area is 101 Å². The Balaban J connectivity index is 2.11. The third kappa shape index (κ3) is 1.59. The van der Waals surface area contributed by atoms with Crippen molar-refractivity contribution in [2.45, 2.75) is 18.8 Å². The number of aromatic amines is 1. The third-order valence-corrected chi connectivity index (χ3v) is 3.19. The molecule has 1 fully saturated rings. The lowest BCUT2D eigenvalue weighted by molar-refractivity contribution is 0.921. The molecule has 0 saturated heterocycles. The first-order valence-electron chi connectivity index (χ1n) is 5.07. The molecule has 5 nitrogen and oxygen atoms in total. The van der Waals surface area contributed by atoms with Gasteiger partial charge in [-0.25, -0.2) is 9.97 Å². The molecule has 0 aliphatic heterocycles. The summed E-state index contributed by atoms with van der Waals surface area (Å²) in [5, 5.41) is 6.75. The van der Waals surface area contributed by atoms with Crippen molar-refractivity contribution < 1.29 is 0 Å². The molecule has 0 spiro atoms. The summed E-state index contributed by atoms with van der Waals surface area (Å²) in [5.41, 5.74) is 7.94. The maximum absolute atomic E-state index is 5.81. The predicted octanol–water partition coefficient (Wildman–Crippen LogP) is 2.09. The lowest BCUT2D eigenvalue weighted by atomic mass is 10.2. The zero-order chi connectivity index (χ0) is 11.1. The standard InChI is InChI=1S/C10H10BrN5/c11-6-3-13-10(5-1-2-5)15-8(6)9-7(12)4-14-16-9/h3-5H,1-2,12H2,(H,14,16). The number of hydrogen-bond acceptors (Lipinski definition) is 4. The van der Waals surface area contributed by atoms with E-state index in [1.54, 1.807) is 12.4 Å². The summed E-state index contributed by atoms with van der Waals surface area (Å²) >= 11 is 3.43. The van der Waals surface area contributed by atoms with Crippen LogP contribution >= 0.6 is 15.9 Å². The van der Waals surface area contributed by atoms with Gasteiger partial charge in [-0.2, -0.15) is 5.10 Å². The summed E-state index contributed by atoms with van der Waals surface area (Å²) < 4.78 is 0.827. The molecular weight excluding hydrogens is 270 g/mol. The van der Waals surface area contributed by atoms with Crippen LogP contribution in [0.25, 0.3) is 11.4 Å². The molecule has 1 saturated carbocycles. The fourth-order valence-electron chi connectivity index (χ4n) is 1.58. The Kier molecular flexibility index (Phi) is 2.17. The van der Waals surface area contributed by atoms with E-state index in [0.717, 1.165) is 21.7 Å². The molecule has 0 unspecified atom stereocenters. The van der Waals surface area contributed by atoms with E-state index in [1.165, 1.54) is 12.8 Å². The zero-order valence-electron chi connectivity index (χ0n) is 8.44. The summed E-state index contributed by atoms with van der Waals surface area (Å²) in [4.78, 5) is 8.84. The molecule has 1 aliphatic rings. The second kappa shape index (κ2) is 3.55. The third-order valence-electron chi connectivity index (χ3n) is 2.61. The van der Waals surface area contributed by atoms with Crippen LogP contribution in [0.2, 0.25) is 0 Å². The first kappa shape index (κ1) is 9.77. The summed E-state index contributed by atoms with van der Waals surface area (Å²) in [7, 11) is 0. The molecule has 2 heterocycles. The zero-order valence-corrected chi connectivity index (χ0v) is 10.0. The quantitative estimate of drug-likeness (QED) is 0.882. The Hall–Kier alpha value is -1.43. The molecule has 82 valence electrons. The van der Waals surface area contributed by atoms with Gasteiger partial charge in [-0.1, -0.05) is 0 Å². The first-order chi connectivity index (χ1) is 7.75. The van der Waals surface area contributed by atoms with Crippen molar-refractivity contribution in [2.75, 3.05) is 5.73 Å². The first-order valence-corrected chi connectivity index (χ1v) is 5.86. The van der Waals surface area contributed by atoms with Gasteiger partial charge in [0.05, 0.1) is 16.4 Å². The van der Waals surface area contributed by atoms with Crippen molar-refractivity contribution in [3.8, 4) is 11.4 Å². The number of hydrogen-bond donors (Lipinski definition) is 2. The number of rotatable bonds is 2. The molecule has 0 radical (unpaired) electrons. The van der Waals surface area contributed by atoms with Gasteiger partial charge in [-0.3, -0.25) is 5.10 Å². The molecule has 16 heavy (non-hydrogen) atoms. The van der Waals surface area contributed by atoms with Crippen molar-refractivity contribution in [3.63, 3.8) is 0 Å². The highest BCUT2D eigenvalue weighted by Gasteiger charge is 2.27. The van der Waals surface area contributed by atoms with Gasteiger partial charge in [-0.15, -0.1) is 0 Å². The van der Waals surface area contributed by atoms with Crippen LogP contribution in [0.5, 0.6) is 0 Å². The van der Waals surface area contributed by atoms with E-state index >= 15 is 0 Å². The maximum atomic E-state index is 5.81. The van der Waals surface area contributed by atoms with E-state index in [4.69, 9.17) is 5.73 Å². The molecule has 0 atom stereocenters. The number of halogens is 1. The van der Waals surface area contributed by atoms with Gasteiger partial charge < -0.3 is 5.73 Å². The van der Waals surface area contributed by atoms with Crippen molar-refractivity contribution in [1.82, 2.24) is 20.2 Å². The summed E-state index contributed by atoms with van der Waals surface area (Å²) in [6.07, 6.45) is 5.72. The second-order valence-corrected chi connectivity index (χ2v) is 4.75. The van der Waals surface area contributed by atoms with E-state index in [2.05, 4.69) is 36.1 Å². The van der Waals surface area contributed by atoms with E-state index in [9.17, 15) is 0 Å². The Morgan fingerprint density at radius 1 is 1.38 bits per heavy atom. The van der Waals surface area contributed by atoms with Crippen LogP contribution < -0.4 is 5.73 Å². The van der Waals surface area contributed by atoms with Crippen LogP contribution in [-0.4, -0.2) is 20.2 Å². The molecule has 3 N–H and O–H groups in total. The van der Waals surface area contributed by atoms with Crippen LogP contribution in [0.3, 0.4) is 0 Å². The molecule has 0 amide bonds. The van der Waals surface area contributed by atoms with Crippen molar-refractivity contribution in [2.24, 2.45) is 0 Å². The SMILES string of the molecule is Nc1cn[nH]c1-c1nc(C2CC2)ncc1Br. The highest BCUT2D eigenvalue weighted by atomic mass is 79.9. The van der Waals surface area contributed by atoms with E-state index in [1.807, 2.05) is 0 Å².